The minimum Gasteiger partial charge on any atom is -0.372 e. The average molecular weight is 175 g/mol. The van der Waals surface area contributed by atoms with Crippen LogP contribution in [-0.4, -0.2) is 27.0 Å². The molecule has 0 atom stereocenters. The first-order chi connectivity index (χ1) is 6.31. The Hall–Kier alpha value is -1.78. The zero-order chi connectivity index (χ0) is 9.26. The Bertz CT molecular complexity index is 439. The van der Waals surface area contributed by atoms with Crippen molar-refractivity contribution < 1.29 is 0 Å². The van der Waals surface area contributed by atoms with E-state index in [1.807, 2.05) is 14.0 Å². The van der Waals surface area contributed by atoms with Gasteiger partial charge in [-0.3, -0.25) is 0 Å². The van der Waals surface area contributed by atoms with Gasteiger partial charge in [0.25, 0.3) is 0 Å². The summed E-state index contributed by atoms with van der Waals surface area (Å²) in [5, 5.41) is 3.80. The average Bonchev–Trinajstić information content (AvgIpc) is 2.16. The summed E-state index contributed by atoms with van der Waals surface area (Å²) in [6, 6.07) is 0. The van der Waals surface area contributed by atoms with Gasteiger partial charge in [0.05, 0.1) is 5.39 Å². The first-order valence-electron chi connectivity index (χ1n) is 3.93. The molecule has 5 heteroatoms. The largest absolute Gasteiger partial charge is 0.372 e. The third kappa shape index (κ3) is 1.28. The standard InChI is InChI=1S/C8H9N5/c1-5-10-3-6-7(9-2)11-4-12-8(6)13-5/h3-4H,1-2H3,(H,9,10,11,12,13). The number of nitrogens with zero attached hydrogens (tertiary/aromatic N) is 4. The van der Waals surface area contributed by atoms with E-state index >= 15 is 0 Å². The molecule has 2 aromatic rings. The Labute approximate surface area is 75.3 Å². The summed E-state index contributed by atoms with van der Waals surface area (Å²) in [5.41, 5.74) is 0.673. The van der Waals surface area contributed by atoms with Crippen molar-refractivity contribution >= 4 is 16.9 Å². The van der Waals surface area contributed by atoms with Crippen molar-refractivity contribution in [3.63, 3.8) is 0 Å². The lowest BCUT2D eigenvalue weighted by atomic mass is 10.3. The third-order valence-corrected chi connectivity index (χ3v) is 1.75. The van der Waals surface area contributed by atoms with Gasteiger partial charge >= 0.3 is 0 Å². The van der Waals surface area contributed by atoms with Crippen molar-refractivity contribution in [1.82, 2.24) is 19.9 Å². The van der Waals surface area contributed by atoms with E-state index in [0.717, 1.165) is 11.2 Å². The van der Waals surface area contributed by atoms with Gasteiger partial charge in [0.1, 0.15) is 18.0 Å². The monoisotopic (exact) mass is 175 g/mol. The van der Waals surface area contributed by atoms with Crippen LogP contribution in [0.25, 0.3) is 11.0 Å². The molecule has 0 bridgehead atoms. The van der Waals surface area contributed by atoms with Crippen LogP contribution in [-0.2, 0) is 0 Å². The molecule has 1 N–H and O–H groups in total. The molecule has 0 aromatic carbocycles. The zero-order valence-corrected chi connectivity index (χ0v) is 7.44. The predicted molar refractivity (Wildman–Crippen MR) is 49.4 cm³/mol. The van der Waals surface area contributed by atoms with E-state index in [9.17, 15) is 0 Å². The van der Waals surface area contributed by atoms with E-state index in [1.165, 1.54) is 6.33 Å². The Morgan fingerprint density at radius 2 is 2.08 bits per heavy atom. The van der Waals surface area contributed by atoms with E-state index in [1.54, 1.807) is 6.20 Å². The first-order valence-corrected chi connectivity index (χ1v) is 3.93. The number of hydrogen-bond donors (Lipinski definition) is 1. The summed E-state index contributed by atoms with van der Waals surface area (Å²) < 4.78 is 0. The van der Waals surface area contributed by atoms with Crippen LogP contribution in [0.2, 0.25) is 0 Å². The number of aromatic nitrogens is 4. The lowest BCUT2D eigenvalue weighted by Crippen LogP contribution is -1.98. The molecule has 66 valence electrons. The second-order valence-electron chi connectivity index (χ2n) is 2.63. The van der Waals surface area contributed by atoms with Crippen LogP contribution < -0.4 is 5.32 Å². The van der Waals surface area contributed by atoms with E-state index in [0.29, 0.717) is 11.5 Å². The summed E-state index contributed by atoms with van der Waals surface area (Å²) in [6.45, 7) is 1.83. The highest BCUT2D eigenvalue weighted by Gasteiger charge is 2.02. The molecule has 0 amide bonds. The molecule has 0 unspecified atom stereocenters. The predicted octanol–water partition coefficient (Wildman–Crippen LogP) is 0.770. The van der Waals surface area contributed by atoms with Crippen LogP contribution in [0.3, 0.4) is 0 Å². The number of aryl methyl sites for hydroxylation is 1. The normalized spacial score (nSPS) is 10.3. The molecule has 2 rings (SSSR count). The fraction of sp³-hybridized carbons (Fsp3) is 0.250. The van der Waals surface area contributed by atoms with Gasteiger partial charge in [0.2, 0.25) is 0 Å². The van der Waals surface area contributed by atoms with Crippen LogP contribution in [0.15, 0.2) is 12.5 Å². The molecule has 0 radical (unpaired) electrons. The second-order valence-corrected chi connectivity index (χ2v) is 2.63. The minimum atomic E-state index is 0.673. The molecule has 0 aliphatic heterocycles. The summed E-state index contributed by atoms with van der Waals surface area (Å²) >= 11 is 0. The van der Waals surface area contributed by atoms with E-state index < -0.39 is 0 Å². The van der Waals surface area contributed by atoms with Crippen molar-refractivity contribution in [1.29, 1.82) is 0 Å². The molecule has 0 aliphatic rings. The zero-order valence-electron chi connectivity index (χ0n) is 7.44. The van der Waals surface area contributed by atoms with E-state index in [4.69, 9.17) is 0 Å². The van der Waals surface area contributed by atoms with Gasteiger partial charge in [-0.1, -0.05) is 0 Å². The highest BCUT2D eigenvalue weighted by atomic mass is 15.0. The number of anilines is 1. The van der Waals surface area contributed by atoms with Gasteiger partial charge in [0.15, 0.2) is 5.65 Å². The Morgan fingerprint density at radius 3 is 2.85 bits per heavy atom. The molecule has 0 aliphatic carbocycles. The molecule has 2 aromatic heterocycles. The van der Waals surface area contributed by atoms with Crippen molar-refractivity contribution in [2.24, 2.45) is 0 Å². The Morgan fingerprint density at radius 1 is 1.23 bits per heavy atom. The van der Waals surface area contributed by atoms with E-state index in [2.05, 4.69) is 25.3 Å². The van der Waals surface area contributed by atoms with Crippen molar-refractivity contribution in [2.75, 3.05) is 12.4 Å². The molecule has 0 spiro atoms. The van der Waals surface area contributed by atoms with Crippen molar-refractivity contribution in [3.8, 4) is 0 Å². The lowest BCUT2D eigenvalue weighted by molar-refractivity contribution is 1.06. The fourth-order valence-corrected chi connectivity index (χ4v) is 1.13. The Kier molecular flexibility index (Phi) is 1.77. The second kappa shape index (κ2) is 2.93. The van der Waals surface area contributed by atoms with Gasteiger partial charge < -0.3 is 5.32 Å². The SMILES string of the molecule is CNc1ncnc2nc(C)ncc12. The molecule has 0 fully saturated rings. The maximum atomic E-state index is 4.18. The third-order valence-electron chi connectivity index (χ3n) is 1.75. The highest BCUT2D eigenvalue weighted by molar-refractivity contribution is 5.85. The van der Waals surface area contributed by atoms with Crippen molar-refractivity contribution in [2.45, 2.75) is 6.92 Å². The summed E-state index contributed by atoms with van der Waals surface area (Å²) in [5.74, 6) is 1.47. The molecule has 5 nitrogen and oxygen atoms in total. The summed E-state index contributed by atoms with van der Waals surface area (Å²) in [4.78, 5) is 16.4. The topological polar surface area (TPSA) is 63.6 Å². The number of rotatable bonds is 1. The summed E-state index contributed by atoms with van der Waals surface area (Å²) in [7, 11) is 1.81. The van der Waals surface area contributed by atoms with E-state index in [-0.39, 0.29) is 0 Å². The number of hydrogen-bond acceptors (Lipinski definition) is 5. The maximum Gasteiger partial charge on any atom is 0.168 e. The summed E-state index contributed by atoms with van der Waals surface area (Å²) in [6.07, 6.45) is 3.21. The molecule has 0 saturated carbocycles. The van der Waals surface area contributed by atoms with Gasteiger partial charge in [0, 0.05) is 13.2 Å². The quantitative estimate of drug-likeness (QED) is 0.693. The number of nitrogens with one attached hydrogen (secondary N) is 1. The molecule has 0 saturated heterocycles. The van der Waals surface area contributed by atoms with Gasteiger partial charge in [-0.05, 0) is 6.92 Å². The van der Waals surface area contributed by atoms with Crippen LogP contribution >= 0.6 is 0 Å². The van der Waals surface area contributed by atoms with Crippen molar-refractivity contribution in [3.05, 3.63) is 18.3 Å². The van der Waals surface area contributed by atoms with Gasteiger partial charge in [-0.2, -0.15) is 0 Å². The highest BCUT2D eigenvalue weighted by Crippen LogP contribution is 2.14. The fourth-order valence-electron chi connectivity index (χ4n) is 1.13. The van der Waals surface area contributed by atoms with Crippen LogP contribution in [0.1, 0.15) is 5.82 Å². The molecular formula is C8H9N5. The first kappa shape index (κ1) is 7.85. The molecule has 13 heavy (non-hydrogen) atoms. The Balaban J connectivity index is 2.77. The van der Waals surface area contributed by atoms with Gasteiger partial charge in [-0.25, -0.2) is 19.9 Å². The minimum absolute atomic E-state index is 0.673. The smallest absolute Gasteiger partial charge is 0.168 e. The van der Waals surface area contributed by atoms with Crippen LogP contribution in [0.5, 0.6) is 0 Å². The molecule has 2 heterocycles. The van der Waals surface area contributed by atoms with Crippen LogP contribution in [0, 0.1) is 6.92 Å². The number of fused-ring (bicyclic) bond motifs is 1. The molecular weight excluding hydrogens is 166 g/mol. The van der Waals surface area contributed by atoms with Crippen LogP contribution in [0.4, 0.5) is 5.82 Å². The maximum absolute atomic E-state index is 4.18. The lowest BCUT2D eigenvalue weighted by Gasteiger charge is -2.02. The van der Waals surface area contributed by atoms with Gasteiger partial charge in [-0.15, -0.1) is 0 Å².